The summed E-state index contributed by atoms with van der Waals surface area (Å²) >= 11 is 8.05. The van der Waals surface area contributed by atoms with Gasteiger partial charge in [-0.15, -0.1) is 11.3 Å². The summed E-state index contributed by atoms with van der Waals surface area (Å²) < 4.78 is 23.6. The summed E-state index contributed by atoms with van der Waals surface area (Å²) in [4.78, 5) is 12.1. The molecule has 0 unspecified atom stereocenters. The molecule has 5 nitrogen and oxygen atoms in total. The van der Waals surface area contributed by atoms with Crippen LogP contribution in [0.3, 0.4) is 0 Å². The lowest BCUT2D eigenvalue weighted by atomic mass is 10.2. The van der Waals surface area contributed by atoms with Crippen molar-refractivity contribution in [1.82, 2.24) is 0 Å². The SMILES string of the molecule is NS(=O)(=O)Cc1ccc(NC(=O)c2cc(Br)sc2Br)cc1. The van der Waals surface area contributed by atoms with E-state index in [2.05, 4.69) is 37.2 Å². The van der Waals surface area contributed by atoms with Gasteiger partial charge in [-0.1, -0.05) is 12.1 Å². The zero-order chi connectivity index (χ0) is 15.6. The maximum Gasteiger partial charge on any atom is 0.257 e. The molecule has 0 saturated heterocycles. The van der Waals surface area contributed by atoms with Gasteiger partial charge >= 0.3 is 0 Å². The minimum atomic E-state index is -3.56. The Kier molecular flexibility index (Phi) is 5.20. The number of primary sulfonamides is 1. The van der Waals surface area contributed by atoms with Crippen LogP contribution in [0.5, 0.6) is 0 Å². The minimum absolute atomic E-state index is 0.232. The van der Waals surface area contributed by atoms with Gasteiger partial charge in [-0.25, -0.2) is 13.6 Å². The first-order chi connectivity index (χ1) is 9.74. The Balaban J connectivity index is 2.10. The average molecular weight is 454 g/mol. The molecule has 1 aromatic heterocycles. The quantitative estimate of drug-likeness (QED) is 0.743. The highest BCUT2D eigenvalue weighted by Crippen LogP contribution is 2.32. The van der Waals surface area contributed by atoms with Crippen LogP contribution in [0.1, 0.15) is 15.9 Å². The van der Waals surface area contributed by atoms with Crippen molar-refractivity contribution in [3.8, 4) is 0 Å². The van der Waals surface area contributed by atoms with Crippen molar-refractivity contribution in [2.24, 2.45) is 5.14 Å². The Morgan fingerprint density at radius 1 is 1.24 bits per heavy atom. The van der Waals surface area contributed by atoms with E-state index in [4.69, 9.17) is 5.14 Å². The number of nitrogens with one attached hydrogen (secondary N) is 1. The van der Waals surface area contributed by atoms with E-state index < -0.39 is 10.0 Å². The fourth-order valence-electron chi connectivity index (χ4n) is 1.61. The van der Waals surface area contributed by atoms with Gasteiger partial charge in [-0.05, 0) is 55.6 Å². The molecule has 0 aliphatic carbocycles. The standard InChI is InChI=1S/C12H10Br2N2O3S2/c13-10-5-9(11(14)20-10)12(17)16-8-3-1-7(2-4-8)6-21(15,18)19/h1-5H,6H2,(H,16,17)(H2,15,18,19). The van der Waals surface area contributed by atoms with Crippen LogP contribution in [0, 0.1) is 0 Å². The van der Waals surface area contributed by atoms with E-state index in [0.29, 0.717) is 16.8 Å². The molecule has 1 heterocycles. The second kappa shape index (κ2) is 6.57. The highest BCUT2D eigenvalue weighted by atomic mass is 79.9. The molecular weight excluding hydrogens is 444 g/mol. The lowest BCUT2D eigenvalue weighted by Crippen LogP contribution is -2.14. The van der Waals surface area contributed by atoms with Crippen molar-refractivity contribution in [3.05, 3.63) is 49.0 Å². The predicted molar refractivity (Wildman–Crippen MR) is 90.9 cm³/mol. The first-order valence-electron chi connectivity index (χ1n) is 5.60. The van der Waals surface area contributed by atoms with Gasteiger partial charge in [0.1, 0.15) is 0 Å². The highest BCUT2D eigenvalue weighted by Gasteiger charge is 2.14. The van der Waals surface area contributed by atoms with Crippen LogP contribution in [-0.4, -0.2) is 14.3 Å². The summed E-state index contributed by atoms with van der Waals surface area (Å²) in [5.41, 5.74) is 1.67. The molecule has 2 rings (SSSR count). The van der Waals surface area contributed by atoms with Crippen LogP contribution in [-0.2, 0) is 15.8 Å². The second-order valence-electron chi connectivity index (χ2n) is 4.20. The Morgan fingerprint density at radius 2 is 1.86 bits per heavy atom. The molecule has 0 aliphatic heterocycles. The van der Waals surface area contributed by atoms with E-state index >= 15 is 0 Å². The average Bonchev–Trinajstić information content (AvgIpc) is 2.69. The molecule has 0 saturated carbocycles. The van der Waals surface area contributed by atoms with E-state index in [1.54, 1.807) is 30.3 Å². The molecule has 2 aromatic rings. The first-order valence-corrected chi connectivity index (χ1v) is 9.72. The Labute approximate surface area is 142 Å². The van der Waals surface area contributed by atoms with Crippen molar-refractivity contribution in [2.75, 3.05) is 5.32 Å². The number of nitrogens with two attached hydrogens (primary N) is 1. The number of carbonyl (C=O) groups excluding carboxylic acids is 1. The number of amides is 1. The number of anilines is 1. The van der Waals surface area contributed by atoms with Crippen LogP contribution in [0.25, 0.3) is 0 Å². The van der Waals surface area contributed by atoms with E-state index in [1.165, 1.54) is 11.3 Å². The molecule has 0 aliphatic rings. The molecule has 0 spiro atoms. The summed E-state index contributed by atoms with van der Waals surface area (Å²) in [7, 11) is -3.56. The van der Waals surface area contributed by atoms with Crippen LogP contribution in [0.2, 0.25) is 0 Å². The lowest BCUT2D eigenvalue weighted by molar-refractivity contribution is 0.102. The molecule has 0 atom stereocenters. The molecule has 21 heavy (non-hydrogen) atoms. The fourth-order valence-corrected chi connectivity index (χ4v) is 5.06. The summed E-state index contributed by atoms with van der Waals surface area (Å²) in [6.45, 7) is 0. The van der Waals surface area contributed by atoms with Crippen molar-refractivity contribution < 1.29 is 13.2 Å². The van der Waals surface area contributed by atoms with Gasteiger partial charge in [0.15, 0.2) is 0 Å². The maximum absolute atomic E-state index is 12.1. The summed E-state index contributed by atoms with van der Waals surface area (Å²) in [5, 5.41) is 7.71. The topological polar surface area (TPSA) is 89.3 Å². The van der Waals surface area contributed by atoms with Crippen LogP contribution in [0.4, 0.5) is 5.69 Å². The van der Waals surface area contributed by atoms with Gasteiger partial charge in [-0.2, -0.15) is 0 Å². The van der Waals surface area contributed by atoms with E-state index in [-0.39, 0.29) is 11.7 Å². The Bertz CT molecular complexity index is 770. The number of benzene rings is 1. The molecule has 9 heteroatoms. The van der Waals surface area contributed by atoms with Crippen molar-refractivity contribution in [1.29, 1.82) is 0 Å². The fraction of sp³-hybridized carbons (Fsp3) is 0.0833. The van der Waals surface area contributed by atoms with E-state index in [0.717, 1.165) is 7.57 Å². The largest absolute Gasteiger partial charge is 0.322 e. The van der Waals surface area contributed by atoms with Crippen molar-refractivity contribution in [3.63, 3.8) is 0 Å². The molecule has 112 valence electrons. The number of rotatable bonds is 4. The molecule has 1 amide bonds. The number of hydrogen-bond acceptors (Lipinski definition) is 4. The van der Waals surface area contributed by atoms with Crippen LogP contribution < -0.4 is 10.5 Å². The number of thiophene rings is 1. The number of sulfonamides is 1. The summed E-state index contributed by atoms with van der Waals surface area (Å²) in [5.74, 6) is -0.479. The summed E-state index contributed by atoms with van der Waals surface area (Å²) in [6.07, 6.45) is 0. The second-order valence-corrected chi connectivity index (χ2v) is 9.56. The van der Waals surface area contributed by atoms with Gasteiger partial charge in [-0.3, -0.25) is 4.79 Å². The van der Waals surface area contributed by atoms with Gasteiger partial charge < -0.3 is 5.32 Å². The molecule has 3 N–H and O–H groups in total. The molecular formula is C12H10Br2N2O3S2. The number of hydrogen-bond donors (Lipinski definition) is 2. The smallest absolute Gasteiger partial charge is 0.257 e. The minimum Gasteiger partial charge on any atom is -0.322 e. The molecule has 0 fully saturated rings. The monoisotopic (exact) mass is 452 g/mol. The third kappa shape index (κ3) is 4.89. The van der Waals surface area contributed by atoms with Crippen molar-refractivity contribution in [2.45, 2.75) is 5.75 Å². The van der Waals surface area contributed by atoms with Gasteiger partial charge in [0.05, 0.1) is 18.9 Å². The lowest BCUT2D eigenvalue weighted by Gasteiger charge is -2.05. The molecule has 0 radical (unpaired) electrons. The van der Waals surface area contributed by atoms with Gasteiger partial charge in [0.25, 0.3) is 5.91 Å². The Hall–Kier alpha value is -0.740. The zero-order valence-corrected chi connectivity index (χ0v) is 15.3. The third-order valence-corrected chi connectivity index (χ3v) is 5.56. The number of carbonyl (C=O) groups is 1. The zero-order valence-electron chi connectivity index (χ0n) is 10.5. The van der Waals surface area contributed by atoms with Gasteiger partial charge in [0, 0.05) is 5.69 Å². The van der Waals surface area contributed by atoms with Crippen LogP contribution in [0.15, 0.2) is 37.9 Å². The number of halogens is 2. The van der Waals surface area contributed by atoms with E-state index in [1.807, 2.05) is 0 Å². The van der Waals surface area contributed by atoms with Crippen LogP contribution >= 0.6 is 43.2 Å². The first kappa shape index (κ1) is 16.6. The highest BCUT2D eigenvalue weighted by molar-refractivity contribution is 9.12. The molecule has 0 bridgehead atoms. The predicted octanol–water partition coefficient (Wildman–Crippen LogP) is 3.31. The maximum atomic E-state index is 12.1. The third-order valence-electron chi connectivity index (χ3n) is 2.48. The normalized spacial score (nSPS) is 11.4. The Morgan fingerprint density at radius 3 is 2.33 bits per heavy atom. The van der Waals surface area contributed by atoms with Crippen molar-refractivity contribution >= 4 is 64.8 Å². The van der Waals surface area contributed by atoms with E-state index in [9.17, 15) is 13.2 Å². The van der Waals surface area contributed by atoms with Gasteiger partial charge in [0.2, 0.25) is 10.0 Å². The molecule has 1 aromatic carbocycles. The summed E-state index contributed by atoms with van der Waals surface area (Å²) in [6, 6.07) is 8.21.